The predicted octanol–water partition coefficient (Wildman–Crippen LogP) is 3.67. The Labute approximate surface area is 171 Å². The van der Waals surface area contributed by atoms with Gasteiger partial charge in [0.2, 0.25) is 12.8 Å². The fourth-order valence-corrected chi connectivity index (χ4v) is 2.84. The molecule has 3 rings (SSSR count). The van der Waals surface area contributed by atoms with E-state index in [1.807, 2.05) is 0 Å². The van der Waals surface area contributed by atoms with E-state index < -0.39 is 11.9 Å². The average molecular weight is 404 g/mol. The van der Waals surface area contributed by atoms with Crippen molar-refractivity contribution in [2.75, 3.05) is 9.80 Å². The number of hydrogen-bond donors (Lipinski definition) is 2. The largest absolute Gasteiger partial charge is 0.478 e. The summed E-state index contributed by atoms with van der Waals surface area (Å²) in [7, 11) is 0. The van der Waals surface area contributed by atoms with Gasteiger partial charge in [-0.15, -0.1) is 0 Å². The predicted molar refractivity (Wildman–Crippen MR) is 110 cm³/mol. The lowest BCUT2D eigenvalue weighted by molar-refractivity contribution is -0.107. The van der Waals surface area contributed by atoms with Crippen LogP contribution < -0.4 is 9.80 Å². The molecule has 0 heterocycles. The molecule has 8 nitrogen and oxygen atoms in total. The van der Waals surface area contributed by atoms with Crippen molar-refractivity contribution < 1.29 is 29.4 Å². The fourth-order valence-electron chi connectivity index (χ4n) is 2.84. The van der Waals surface area contributed by atoms with E-state index in [9.17, 15) is 19.2 Å². The van der Waals surface area contributed by atoms with Crippen molar-refractivity contribution in [3.05, 3.63) is 83.9 Å². The Hall–Kier alpha value is -4.46. The minimum atomic E-state index is -1.06. The highest BCUT2D eigenvalue weighted by molar-refractivity contribution is 5.93. The van der Waals surface area contributed by atoms with Crippen LogP contribution in [0.25, 0.3) is 0 Å². The van der Waals surface area contributed by atoms with Crippen LogP contribution in [0.4, 0.5) is 22.7 Å². The van der Waals surface area contributed by atoms with Crippen molar-refractivity contribution in [1.82, 2.24) is 0 Å². The average Bonchev–Trinajstić information content (AvgIpc) is 2.76. The molecule has 0 aliphatic rings. The number of aromatic carboxylic acids is 2. The highest BCUT2D eigenvalue weighted by Crippen LogP contribution is 2.29. The maximum absolute atomic E-state index is 11.6. The van der Waals surface area contributed by atoms with Crippen molar-refractivity contribution in [2.45, 2.75) is 0 Å². The third-order valence-corrected chi connectivity index (χ3v) is 4.40. The van der Waals surface area contributed by atoms with Crippen molar-refractivity contribution in [1.29, 1.82) is 0 Å². The Morgan fingerprint density at radius 3 is 0.967 bits per heavy atom. The van der Waals surface area contributed by atoms with Gasteiger partial charge in [0, 0.05) is 22.7 Å². The zero-order valence-corrected chi connectivity index (χ0v) is 15.5. The van der Waals surface area contributed by atoms with Crippen LogP contribution in [-0.2, 0) is 9.59 Å². The molecule has 3 aromatic carbocycles. The first-order valence-electron chi connectivity index (χ1n) is 8.70. The summed E-state index contributed by atoms with van der Waals surface area (Å²) in [5, 5.41) is 18.0. The molecule has 0 fully saturated rings. The highest BCUT2D eigenvalue weighted by Gasteiger charge is 2.13. The number of anilines is 4. The number of nitrogens with zero attached hydrogens (tertiary/aromatic N) is 2. The molecule has 2 amide bonds. The van der Waals surface area contributed by atoms with E-state index in [4.69, 9.17) is 10.2 Å². The quantitative estimate of drug-likeness (QED) is 0.554. The smallest absolute Gasteiger partial charge is 0.335 e. The molecular weight excluding hydrogens is 388 g/mol. The van der Waals surface area contributed by atoms with Gasteiger partial charge >= 0.3 is 11.9 Å². The van der Waals surface area contributed by atoms with Gasteiger partial charge in [-0.2, -0.15) is 0 Å². The Bertz CT molecular complexity index is 988. The van der Waals surface area contributed by atoms with Gasteiger partial charge in [0.15, 0.2) is 0 Å². The van der Waals surface area contributed by atoms with Crippen molar-refractivity contribution in [3.63, 3.8) is 0 Å². The van der Waals surface area contributed by atoms with Crippen LogP contribution in [0, 0.1) is 0 Å². The van der Waals surface area contributed by atoms with Gasteiger partial charge in [-0.1, -0.05) is 0 Å². The molecule has 30 heavy (non-hydrogen) atoms. The first kappa shape index (κ1) is 20.3. The van der Waals surface area contributed by atoms with E-state index in [2.05, 4.69) is 0 Å². The summed E-state index contributed by atoms with van der Waals surface area (Å²) < 4.78 is 0. The summed E-state index contributed by atoms with van der Waals surface area (Å²) in [4.78, 5) is 47.8. The number of carboxylic acid groups (broad SMARTS) is 2. The molecule has 3 aromatic rings. The molecule has 0 spiro atoms. The zero-order valence-electron chi connectivity index (χ0n) is 15.5. The molecule has 8 heteroatoms. The van der Waals surface area contributed by atoms with Crippen molar-refractivity contribution in [3.8, 4) is 0 Å². The number of rotatable bonds is 8. The summed E-state index contributed by atoms with van der Waals surface area (Å²) in [5.74, 6) is -2.12. The summed E-state index contributed by atoms with van der Waals surface area (Å²) in [6.45, 7) is 0. The molecule has 0 unspecified atom stereocenters. The van der Waals surface area contributed by atoms with Crippen LogP contribution >= 0.6 is 0 Å². The van der Waals surface area contributed by atoms with Crippen molar-refractivity contribution >= 4 is 47.5 Å². The van der Waals surface area contributed by atoms with Crippen LogP contribution in [0.2, 0.25) is 0 Å². The lowest BCUT2D eigenvalue weighted by Crippen LogP contribution is -2.16. The summed E-state index contributed by atoms with van der Waals surface area (Å²) in [6.07, 6.45) is 1.21. The number of carboxylic acids is 2. The van der Waals surface area contributed by atoms with Gasteiger partial charge in [-0.25, -0.2) is 9.59 Å². The molecule has 0 aromatic heterocycles. The minimum Gasteiger partial charge on any atom is -0.478 e. The monoisotopic (exact) mass is 404 g/mol. The molecule has 0 aliphatic heterocycles. The van der Waals surface area contributed by atoms with E-state index in [-0.39, 0.29) is 11.1 Å². The molecular formula is C22H16N2O6. The Balaban J connectivity index is 1.86. The van der Waals surface area contributed by atoms with E-state index in [0.29, 0.717) is 35.6 Å². The lowest BCUT2D eigenvalue weighted by atomic mass is 10.1. The van der Waals surface area contributed by atoms with Crippen LogP contribution in [0.1, 0.15) is 20.7 Å². The summed E-state index contributed by atoms with van der Waals surface area (Å²) >= 11 is 0. The molecule has 150 valence electrons. The maximum atomic E-state index is 11.6. The van der Waals surface area contributed by atoms with E-state index in [1.54, 1.807) is 24.3 Å². The molecule has 0 bridgehead atoms. The fraction of sp³-hybridized carbons (Fsp3) is 0. The van der Waals surface area contributed by atoms with Gasteiger partial charge in [0.1, 0.15) is 0 Å². The number of carbonyl (C=O) groups excluding carboxylic acids is 2. The van der Waals surface area contributed by atoms with Gasteiger partial charge in [0.25, 0.3) is 0 Å². The first-order chi connectivity index (χ1) is 14.4. The maximum Gasteiger partial charge on any atom is 0.335 e. The second-order valence-electron chi connectivity index (χ2n) is 6.17. The molecule has 0 atom stereocenters. The number of hydrogen-bond acceptors (Lipinski definition) is 4. The number of benzene rings is 3. The lowest BCUT2D eigenvalue weighted by Gasteiger charge is -2.21. The normalized spacial score (nSPS) is 10.1. The number of amides is 2. The van der Waals surface area contributed by atoms with Gasteiger partial charge in [-0.05, 0) is 72.8 Å². The topological polar surface area (TPSA) is 115 Å². The minimum absolute atomic E-state index is 0.107. The van der Waals surface area contributed by atoms with E-state index in [1.165, 1.54) is 58.3 Å². The molecule has 0 saturated carbocycles. The Kier molecular flexibility index (Phi) is 5.88. The standard InChI is InChI=1S/C22H16N2O6/c25-13-23(17-5-1-15(2-6-17)21(27)28)19-9-11-20(12-10-19)24(14-26)18-7-3-16(4-8-18)22(29)30/h1-14H,(H,27,28)(H,29,30). The Morgan fingerprint density at radius 2 is 0.767 bits per heavy atom. The second-order valence-corrected chi connectivity index (χ2v) is 6.17. The van der Waals surface area contributed by atoms with Crippen LogP contribution in [-0.4, -0.2) is 35.0 Å². The Morgan fingerprint density at radius 1 is 0.533 bits per heavy atom. The number of carbonyl (C=O) groups is 4. The summed E-state index contributed by atoms with van der Waals surface area (Å²) in [6, 6.07) is 18.2. The highest BCUT2D eigenvalue weighted by atomic mass is 16.4. The van der Waals surface area contributed by atoms with Crippen LogP contribution in [0.15, 0.2) is 72.8 Å². The SMILES string of the molecule is O=CN(c1ccc(C(=O)O)cc1)c1ccc(N(C=O)c2ccc(C(=O)O)cc2)cc1. The molecule has 2 N–H and O–H groups in total. The van der Waals surface area contributed by atoms with Crippen molar-refractivity contribution in [2.24, 2.45) is 0 Å². The molecule has 0 saturated heterocycles. The van der Waals surface area contributed by atoms with E-state index in [0.717, 1.165) is 0 Å². The van der Waals surface area contributed by atoms with Gasteiger partial charge in [-0.3, -0.25) is 19.4 Å². The first-order valence-corrected chi connectivity index (χ1v) is 8.70. The molecule has 0 radical (unpaired) electrons. The van der Waals surface area contributed by atoms with Gasteiger partial charge < -0.3 is 10.2 Å². The molecule has 0 aliphatic carbocycles. The summed E-state index contributed by atoms with van der Waals surface area (Å²) in [5.41, 5.74) is 2.22. The zero-order chi connectivity index (χ0) is 21.7. The van der Waals surface area contributed by atoms with Crippen LogP contribution in [0.3, 0.4) is 0 Å². The van der Waals surface area contributed by atoms with Crippen LogP contribution in [0.5, 0.6) is 0 Å². The third kappa shape index (κ3) is 4.17. The van der Waals surface area contributed by atoms with Gasteiger partial charge in [0.05, 0.1) is 11.1 Å². The van der Waals surface area contributed by atoms with E-state index >= 15 is 0 Å². The second kappa shape index (κ2) is 8.70. The third-order valence-electron chi connectivity index (χ3n) is 4.40.